The Morgan fingerprint density at radius 2 is 1.47 bits per heavy atom. The molecule has 3 heterocycles. The molecule has 0 aliphatic rings. The Kier molecular flexibility index (Phi) is 5.93. The number of benzene rings is 3. The van der Waals surface area contributed by atoms with Crippen molar-refractivity contribution in [2.45, 2.75) is 10.6 Å². The van der Waals surface area contributed by atoms with E-state index >= 15 is 0 Å². The first-order valence-electron chi connectivity index (χ1n) is 11.7. The number of anilines is 1. The molecule has 0 aliphatic heterocycles. The van der Waals surface area contributed by atoms with Gasteiger partial charge >= 0.3 is 0 Å². The zero-order chi connectivity index (χ0) is 24.3. The summed E-state index contributed by atoms with van der Waals surface area (Å²) in [5, 5.41) is 0. The molecule has 3 aromatic heterocycles. The fourth-order valence-corrected chi connectivity index (χ4v) is 5.05. The maximum atomic E-state index is 6.27. The molecule has 0 aliphatic carbocycles. The predicted molar refractivity (Wildman–Crippen MR) is 148 cm³/mol. The van der Waals surface area contributed by atoms with Gasteiger partial charge in [-0.3, -0.25) is 4.57 Å². The fraction of sp³-hybridized carbons (Fsp3) is 0.0333. The number of nitrogens with zero attached hydrogens (tertiary/aromatic N) is 4. The molecular weight excluding hydrogens is 462 g/mol. The van der Waals surface area contributed by atoms with Crippen molar-refractivity contribution in [3.8, 4) is 28.3 Å². The summed E-state index contributed by atoms with van der Waals surface area (Å²) >= 11 is 1.82. The number of rotatable bonds is 6. The Labute approximate surface area is 213 Å². The zero-order valence-electron chi connectivity index (χ0n) is 19.5. The summed E-state index contributed by atoms with van der Waals surface area (Å²) in [6, 6.07) is 37.0. The average molecular weight is 486 g/mol. The van der Waals surface area contributed by atoms with Gasteiger partial charge < -0.3 is 5.73 Å². The zero-order valence-corrected chi connectivity index (χ0v) is 20.3. The van der Waals surface area contributed by atoms with Crippen molar-refractivity contribution in [2.75, 3.05) is 5.73 Å². The molecule has 0 saturated carbocycles. The lowest BCUT2D eigenvalue weighted by atomic mass is 10.1. The van der Waals surface area contributed by atoms with Crippen molar-refractivity contribution in [3.63, 3.8) is 0 Å². The summed E-state index contributed by atoms with van der Waals surface area (Å²) in [6.45, 7) is 0. The van der Waals surface area contributed by atoms with Gasteiger partial charge in [0.25, 0.3) is 0 Å². The van der Waals surface area contributed by atoms with E-state index in [0.717, 1.165) is 45.2 Å². The largest absolute Gasteiger partial charge is 0.383 e. The molecule has 6 rings (SSSR count). The quantitative estimate of drug-likeness (QED) is 0.257. The maximum absolute atomic E-state index is 6.27. The van der Waals surface area contributed by atoms with E-state index in [0.29, 0.717) is 5.82 Å². The summed E-state index contributed by atoms with van der Waals surface area (Å²) < 4.78 is 2.07. The lowest BCUT2D eigenvalue weighted by molar-refractivity contribution is 1.07. The molecule has 6 heteroatoms. The van der Waals surface area contributed by atoms with Crippen LogP contribution in [0, 0.1) is 0 Å². The number of hydrogen-bond donors (Lipinski definition) is 1. The minimum Gasteiger partial charge on any atom is -0.383 e. The highest BCUT2D eigenvalue weighted by molar-refractivity contribution is 7.98. The van der Waals surface area contributed by atoms with E-state index in [1.54, 1.807) is 6.20 Å². The minimum atomic E-state index is 0.437. The van der Waals surface area contributed by atoms with Gasteiger partial charge in [-0.2, -0.15) is 0 Å². The minimum absolute atomic E-state index is 0.437. The molecule has 0 unspecified atom stereocenters. The van der Waals surface area contributed by atoms with Crippen LogP contribution in [0.3, 0.4) is 0 Å². The second-order valence-electron chi connectivity index (χ2n) is 8.38. The van der Waals surface area contributed by atoms with Crippen LogP contribution in [0.25, 0.3) is 39.5 Å². The third kappa shape index (κ3) is 4.34. The van der Waals surface area contributed by atoms with Crippen LogP contribution >= 0.6 is 11.8 Å². The summed E-state index contributed by atoms with van der Waals surface area (Å²) in [4.78, 5) is 15.5. The number of fused-ring (bicyclic) bond motifs is 1. The van der Waals surface area contributed by atoms with Crippen LogP contribution in [0.5, 0.6) is 0 Å². The molecule has 0 atom stereocenters. The summed E-state index contributed by atoms with van der Waals surface area (Å²) in [7, 11) is 0. The normalized spacial score (nSPS) is 11.1. The molecule has 0 radical (unpaired) electrons. The number of imidazole rings is 1. The highest BCUT2D eigenvalue weighted by Crippen LogP contribution is 2.32. The van der Waals surface area contributed by atoms with Gasteiger partial charge in [-0.1, -0.05) is 60.7 Å². The molecule has 174 valence electrons. The monoisotopic (exact) mass is 485 g/mol. The highest BCUT2D eigenvalue weighted by atomic mass is 32.2. The second-order valence-corrected chi connectivity index (χ2v) is 9.43. The van der Waals surface area contributed by atoms with Crippen molar-refractivity contribution in [1.29, 1.82) is 0 Å². The predicted octanol–water partition coefficient (Wildman–Crippen LogP) is 7.02. The number of aromatic nitrogens is 4. The number of nitrogen functional groups attached to an aromatic ring is 1. The van der Waals surface area contributed by atoms with Crippen LogP contribution in [-0.4, -0.2) is 19.5 Å². The van der Waals surface area contributed by atoms with E-state index < -0.39 is 0 Å². The molecule has 0 fully saturated rings. The molecule has 6 aromatic rings. The Hall–Kier alpha value is -4.42. The SMILES string of the molecule is Nc1ncccc1-c1nc2ccc(-c3ccccc3)nc2n1-c1ccc(SCc2ccccc2)cc1. The molecule has 0 amide bonds. The molecule has 0 saturated heterocycles. The van der Waals surface area contributed by atoms with Gasteiger partial charge in [0.15, 0.2) is 11.5 Å². The third-order valence-electron chi connectivity index (χ3n) is 6.00. The van der Waals surface area contributed by atoms with E-state index in [1.807, 2.05) is 60.3 Å². The number of hydrogen-bond acceptors (Lipinski definition) is 5. The first-order chi connectivity index (χ1) is 17.8. The van der Waals surface area contributed by atoms with Gasteiger partial charge in [0, 0.05) is 28.1 Å². The molecule has 5 nitrogen and oxygen atoms in total. The van der Waals surface area contributed by atoms with Crippen LogP contribution in [-0.2, 0) is 5.75 Å². The van der Waals surface area contributed by atoms with Crippen LogP contribution in [0.2, 0.25) is 0 Å². The Morgan fingerprint density at radius 3 is 2.22 bits per heavy atom. The lowest BCUT2D eigenvalue weighted by Gasteiger charge is -2.11. The summed E-state index contributed by atoms with van der Waals surface area (Å²) in [6.07, 6.45) is 1.69. The van der Waals surface area contributed by atoms with Gasteiger partial charge in [-0.25, -0.2) is 15.0 Å². The number of pyridine rings is 2. The summed E-state index contributed by atoms with van der Waals surface area (Å²) in [5.41, 5.74) is 12.9. The van der Waals surface area contributed by atoms with E-state index in [4.69, 9.17) is 15.7 Å². The van der Waals surface area contributed by atoms with Gasteiger partial charge in [0.1, 0.15) is 11.3 Å². The van der Waals surface area contributed by atoms with Crippen LogP contribution < -0.4 is 5.73 Å². The molecule has 2 N–H and O–H groups in total. The van der Waals surface area contributed by atoms with E-state index in [9.17, 15) is 0 Å². The molecule has 0 spiro atoms. The Morgan fingerprint density at radius 1 is 0.722 bits per heavy atom. The summed E-state index contributed by atoms with van der Waals surface area (Å²) in [5.74, 6) is 2.08. The smallest absolute Gasteiger partial charge is 0.165 e. The van der Waals surface area contributed by atoms with E-state index in [2.05, 4.69) is 70.2 Å². The van der Waals surface area contributed by atoms with Crippen molar-refractivity contribution < 1.29 is 0 Å². The Balaban J connectivity index is 1.44. The lowest BCUT2D eigenvalue weighted by Crippen LogP contribution is -2.02. The van der Waals surface area contributed by atoms with E-state index in [-0.39, 0.29) is 0 Å². The van der Waals surface area contributed by atoms with Crippen LogP contribution in [0.15, 0.2) is 120 Å². The van der Waals surface area contributed by atoms with Crippen LogP contribution in [0.4, 0.5) is 5.82 Å². The fourth-order valence-electron chi connectivity index (χ4n) is 4.19. The maximum Gasteiger partial charge on any atom is 0.165 e. The second kappa shape index (κ2) is 9.68. The first-order valence-corrected chi connectivity index (χ1v) is 12.7. The van der Waals surface area contributed by atoms with Gasteiger partial charge in [0.05, 0.1) is 11.3 Å². The molecular formula is C30H23N5S. The number of thioether (sulfide) groups is 1. The molecule has 3 aromatic carbocycles. The van der Waals surface area contributed by atoms with Crippen LogP contribution in [0.1, 0.15) is 5.56 Å². The van der Waals surface area contributed by atoms with Crippen molar-refractivity contribution in [3.05, 3.63) is 121 Å². The molecule has 36 heavy (non-hydrogen) atoms. The van der Waals surface area contributed by atoms with Gasteiger partial charge in [-0.05, 0) is 54.1 Å². The average Bonchev–Trinajstić information content (AvgIpc) is 3.32. The van der Waals surface area contributed by atoms with Crippen molar-refractivity contribution >= 4 is 28.7 Å². The Bertz CT molecular complexity index is 1630. The first kappa shape index (κ1) is 22.1. The highest BCUT2D eigenvalue weighted by Gasteiger charge is 2.18. The van der Waals surface area contributed by atoms with Crippen molar-refractivity contribution in [1.82, 2.24) is 19.5 Å². The topological polar surface area (TPSA) is 69.6 Å². The number of nitrogens with two attached hydrogens (primary N) is 1. The van der Waals surface area contributed by atoms with Gasteiger partial charge in [0.2, 0.25) is 0 Å². The van der Waals surface area contributed by atoms with E-state index in [1.165, 1.54) is 10.5 Å². The van der Waals surface area contributed by atoms with Crippen molar-refractivity contribution in [2.24, 2.45) is 0 Å². The third-order valence-corrected chi connectivity index (χ3v) is 7.08. The molecule has 0 bridgehead atoms. The van der Waals surface area contributed by atoms with Gasteiger partial charge in [-0.15, -0.1) is 11.8 Å². The standard InChI is InChI=1S/C30H23N5S/c31-28-25(12-7-19-32-28)29-34-27-18-17-26(22-10-5-2-6-11-22)33-30(27)35(29)23-13-15-24(16-14-23)36-20-21-8-3-1-4-9-21/h1-19H,20H2,(H2,31,32).